The molecule has 0 spiro atoms. The monoisotopic (exact) mass is 214 g/mol. The van der Waals surface area contributed by atoms with Crippen molar-refractivity contribution in [3.05, 3.63) is 34.8 Å². The highest BCUT2D eigenvalue weighted by Crippen LogP contribution is 2.27. The zero-order valence-corrected chi connectivity index (χ0v) is 7.51. The lowest BCUT2D eigenvalue weighted by molar-refractivity contribution is 0.0698. The van der Waals surface area contributed by atoms with Crippen molar-refractivity contribution >= 4 is 28.5 Å². The van der Waals surface area contributed by atoms with Crippen molar-refractivity contribution in [3.63, 3.8) is 0 Å². The van der Waals surface area contributed by atoms with Gasteiger partial charge in [-0.25, -0.2) is 9.18 Å². The molecular weight excluding hydrogens is 211 g/mol. The summed E-state index contributed by atoms with van der Waals surface area (Å²) in [5, 5.41) is 9.03. The number of fused-ring (bicyclic) bond motifs is 1. The molecule has 5 heteroatoms. The topological polar surface area (TPSA) is 50.4 Å². The predicted molar refractivity (Wildman–Crippen MR) is 48.1 cm³/mol. The maximum absolute atomic E-state index is 13.2. The summed E-state index contributed by atoms with van der Waals surface area (Å²) >= 11 is 5.58. The zero-order valence-electron chi connectivity index (χ0n) is 6.75. The summed E-state index contributed by atoms with van der Waals surface area (Å²) in [6.45, 7) is 0. The Bertz CT molecular complexity index is 518. The van der Waals surface area contributed by atoms with Crippen molar-refractivity contribution in [2.75, 3.05) is 0 Å². The first-order chi connectivity index (χ1) is 6.59. The van der Waals surface area contributed by atoms with Crippen LogP contribution in [0.5, 0.6) is 0 Å². The Morgan fingerprint density at radius 2 is 2.21 bits per heavy atom. The van der Waals surface area contributed by atoms with Gasteiger partial charge in [0.1, 0.15) is 11.8 Å². The lowest BCUT2D eigenvalue weighted by Crippen LogP contribution is -1.93. The van der Waals surface area contributed by atoms with Crippen LogP contribution in [0, 0.1) is 5.82 Å². The van der Waals surface area contributed by atoms with Gasteiger partial charge in [0.25, 0.3) is 0 Å². The molecule has 0 amide bonds. The largest absolute Gasteiger partial charge is 0.478 e. The van der Waals surface area contributed by atoms with Crippen LogP contribution in [0.2, 0.25) is 5.02 Å². The van der Waals surface area contributed by atoms with Crippen LogP contribution in [-0.4, -0.2) is 11.1 Å². The summed E-state index contributed by atoms with van der Waals surface area (Å²) in [6.07, 6.45) is 0.992. The van der Waals surface area contributed by atoms with Crippen LogP contribution < -0.4 is 0 Å². The molecule has 0 bridgehead atoms. The number of hydrogen-bond donors (Lipinski definition) is 1. The third-order valence-corrected chi connectivity index (χ3v) is 2.04. The normalized spacial score (nSPS) is 10.7. The molecule has 0 aliphatic rings. The van der Waals surface area contributed by atoms with Crippen LogP contribution in [0.25, 0.3) is 11.0 Å². The van der Waals surface area contributed by atoms with Crippen LogP contribution in [0.1, 0.15) is 10.4 Å². The summed E-state index contributed by atoms with van der Waals surface area (Å²) in [5.41, 5.74) is -0.187. The standard InChI is InChI=1S/C9H4ClFO3/c10-4-1-5-6(9(12)13)3-14-8(5)7(11)2-4/h1-3H,(H,12,13). The Morgan fingerprint density at radius 1 is 1.50 bits per heavy atom. The SMILES string of the molecule is O=C(O)c1coc2c(F)cc(Cl)cc12. The predicted octanol–water partition coefficient (Wildman–Crippen LogP) is 2.92. The Labute approximate surface area is 82.7 Å². The molecule has 1 heterocycles. The fraction of sp³-hybridized carbons (Fsp3) is 0. The summed E-state index contributed by atoms with van der Waals surface area (Å²) in [6, 6.07) is 2.42. The van der Waals surface area contributed by atoms with E-state index in [-0.39, 0.29) is 21.6 Å². The first-order valence-corrected chi connectivity index (χ1v) is 4.07. The van der Waals surface area contributed by atoms with Gasteiger partial charge in [0.05, 0.1) is 0 Å². The van der Waals surface area contributed by atoms with Crippen LogP contribution >= 0.6 is 11.6 Å². The number of hydrogen-bond acceptors (Lipinski definition) is 2. The highest BCUT2D eigenvalue weighted by atomic mass is 35.5. The van der Waals surface area contributed by atoms with E-state index in [4.69, 9.17) is 21.1 Å². The number of rotatable bonds is 1. The van der Waals surface area contributed by atoms with Crippen LogP contribution in [-0.2, 0) is 0 Å². The molecule has 72 valence electrons. The van der Waals surface area contributed by atoms with Gasteiger partial charge >= 0.3 is 5.97 Å². The number of aromatic carboxylic acids is 1. The molecule has 2 aromatic rings. The minimum atomic E-state index is -1.18. The molecule has 14 heavy (non-hydrogen) atoms. The molecular formula is C9H4ClFO3. The molecule has 0 atom stereocenters. The van der Waals surface area contributed by atoms with E-state index in [2.05, 4.69) is 0 Å². The molecule has 0 aliphatic carbocycles. The molecule has 3 nitrogen and oxygen atoms in total. The van der Waals surface area contributed by atoms with Crippen molar-refractivity contribution in [2.45, 2.75) is 0 Å². The lowest BCUT2D eigenvalue weighted by atomic mass is 10.2. The van der Waals surface area contributed by atoms with E-state index < -0.39 is 11.8 Å². The number of benzene rings is 1. The zero-order chi connectivity index (χ0) is 10.3. The van der Waals surface area contributed by atoms with Gasteiger partial charge in [-0.05, 0) is 12.1 Å². The number of carboxylic acids is 1. The van der Waals surface area contributed by atoms with Crippen molar-refractivity contribution < 1.29 is 18.7 Å². The number of halogens is 2. The molecule has 0 saturated carbocycles. The van der Waals surface area contributed by atoms with E-state index in [0.29, 0.717) is 0 Å². The fourth-order valence-electron chi connectivity index (χ4n) is 1.23. The second-order valence-corrected chi connectivity index (χ2v) is 3.16. The lowest BCUT2D eigenvalue weighted by Gasteiger charge is -1.93. The molecule has 2 rings (SSSR count). The Kier molecular flexibility index (Phi) is 1.93. The molecule has 1 N–H and O–H groups in total. The van der Waals surface area contributed by atoms with Gasteiger partial charge in [-0.3, -0.25) is 0 Å². The van der Waals surface area contributed by atoms with E-state index >= 15 is 0 Å². The molecule has 0 aliphatic heterocycles. The quantitative estimate of drug-likeness (QED) is 0.794. The van der Waals surface area contributed by atoms with Gasteiger partial charge in [-0.1, -0.05) is 11.6 Å². The molecule has 0 unspecified atom stereocenters. The average Bonchev–Trinajstić information content (AvgIpc) is 2.47. The summed E-state index contributed by atoms with van der Waals surface area (Å²) in [5.74, 6) is -1.84. The number of furan rings is 1. The first kappa shape index (κ1) is 9.02. The summed E-state index contributed by atoms with van der Waals surface area (Å²) in [7, 11) is 0. The first-order valence-electron chi connectivity index (χ1n) is 3.69. The molecule has 1 aromatic heterocycles. The van der Waals surface area contributed by atoms with Crippen molar-refractivity contribution in [1.82, 2.24) is 0 Å². The minimum Gasteiger partial charge on any atom is -0.478 e. The van der Waals surface area contributed by atoms with Crippen LogP contribution in [0.4, 0.5) is 4.39 Å². The Morgan fingerprint density at radius 3 is 2.86 bits per heavy atom. The van der Waals surface area contributed by atoms with Crippen molar-refractivity contribution in [1.29, 1.82) is 0 Å². The summed E-state index contributed by atoms with van der Waals surface area (Å²) < 4.78 is 17.9. The van der Waals surface area contributed by atoms with Gasteiger partial charge in [0.15, 0.2) is 11.4 Å². The van der Waals surface area contributed by atoms with Gasteiger partial charge in [-0.2, -0.15) is 0 Å². The van der Waals surface area contributed by atoms with E-state index in [1.807, 2.05) is 0 Å². The third kappa shape index (κ3) is 1.24. The number of carbonyl (C=O) groups is 1. The van der Waals surface area contributed by atoms with Crippen molar-refractivity contribution in [2.24, 2.45) is 0 Å². The van der Waals surface area contributed by atoms with Crippen molar-refractivity contribution in [3.8, 4) is 0 Å². The number of carboxylic acid groups (broad SMARTS) is 1. The summed E-state index contributed by atoms with van der Waals surface area (Å²) in [4.78, 5) is 10.7. The van der Waals surface area contributed by atoms with E-state index in [1.165, 1.54) is 6.07 Å². The van der Waals surface area contributed by atoms with E-state index in [0.717, 1.165) is 12.3 Å². The fourth-order valence-corrected chi connectivity index (χ4v) is 1.43. The molecule has 0 saturated heterocycles. The average molecular weight is 215 g/mol. The molecule has 0 fully saturated rings. The third-order valence-electron chi connectivity index (χ3n) is 1.82. The highest BCUT2D eigenvalue weighted by molar-refractivity contribution is 6.31. The Balaban J connectivity index is 2.85. The van der Waals surface area contributed by atoms with E-state index in [1.54, 1.807) is 0 Å². The minimum absolute atomic E-state index is 0.0909. The second kappa shape index (κ2) is 2.99. The van der Waals surface area contributed by atoms with Crippen LogP contribution in [0.15, 0.2) is 22.8 Å². The van der Waals surface area contributed by atoms with Gasteiger partial charge < -0.3 is 9.52 Å². The van der Waals surface area contributed by atoms with Gasteiger partial charge in [-0.15, -0.1) is 0 Å². The van der Waals surface area contributed by atoms with E-state index in [9.17, 15) is 9.18 Å². The maximum Gasteiger partial charge on any atom is 0.339 e. The maximum atomic E-state index is 13.2. The molecule has 0 radical (unpaired) electrons. The van der Waals surface area contributed by atoms with Gasteiger partial charge in [0.2, 0.25) is 0 Å². The Hall–Kier alpha value is -1.55. The second-order valence-electron chi connectivity index (χ2n) is 2.72. The molecule has 1 aromatic carbocycles. The highest BCUT2D eigenvalue weighted by Gasteiger charge is 2.15. The smallest absolute Gasteiger partial charge is 0.339 e. The van der Waals surface area contributed by atoms with Crippen LogP contribution in [0.3, 0.4) is 0 Å². The van der Waals surface area contributed by atoms with Gasteiger partial charge in [0, 0.05) is 10.4 Å².